The summed E-state index contributed by atoms with van der Waals surface area (Å²) in [5.41, 5.74) is 1.14. The topological polar surface area (TPSA) is 98.7 Å². The number of rotatable bonds is 5. The molecule has 1 aromatic carbocycles. The van der Waals surface area contributed by atoms with Crippen LogP contribution in [-0.4, -0.2) is 65.8 Å². The van der Waals surface area contributed by atoms with Gasteiger partial charge in [-0.15, -0.1) is 0 Å². The Morgan fingerprint density at radius 2 is 1.84 bits per heavy atom. The number of nitrogens with one attached hydrogen (secondary N) is 1. The average Bonchev–Trinajstić information content (AvgIpc) is 2.73. The number of aromatic nitrogens is 1. The zero-order valence-corrected chi connectivity index (χ0v) is 19.1. The van der Waals surface area contributed by atoms with Gasteiger partial charge in [-0.2, -0.15) is 5.26 Å². The molecule has 0 atom stereocenters. The van der Waals surface area contributed by atoms with Gasteiger partial charge in [0.05, 0.1) is 0 Å². The predicted molar refractivity (Wildman–Crippen MR) is 122 cm³/mol. The van der Waals surface area contributed by atoms with Crippen LogP contribution in [0.2, 0.25) is 0 Å². The number of aryl methyl sites for hydroxylation is 1. The van der Waals surface area contributed by atoms with Crippen LogP contribution in [0.4, 0.5) is 4.79 Å². The maximum atomic E-state index is 12.2. The first kappa shape index (κ1) is 23.4. The molecule has 1 aliphatic rings. The zero-order valence-electron chi connectivity index (χ0n) is 19.1. The Labute approximate surface area is 188 Å². The molecule has 2 heterocycles. The minimum Gasteiger partial charge on any atom is -0.492 e. The number of carbonyl (C=O) groups excluding carboxylic acids is 1. The first-order valence-corrected chi connectivity index (χ1v) is 10.7. The number of piperazine rings is 1. The van der Waals surface area contributed by atoms with Crippen LogP contribution in [0.15, 0.2) is 35.1 Å². The Balaban J connectivity index is 1.60. The van der Waals surface area contributed by atoms with Crippen LogP contribution in [-0.2, 0) is 4.74 Å². The number of para-hydroxylation sites is 1. The molecule has 8 nitrogen and oxygen atoms in total. The molecule has 0 bridgehead atoms. The fraction of sp³-hybridized carbons (Fsp3) is 0.458. The second-order valence-corrected chi connectivity index (χ2v) is 8.84. The molecule has 0 radical (unpaired) electrons. The summed E-state index contributed by atoms with van der Waals surface area (Å²) in [7, 11) is 0. The van der Waals surface area contributed by atoms with E-state index in [-0.39, 0.29) is 11.7 Å². The summed E-state index contributed by atoms with van der Waals surface area (Å²) in [5.74, 6) is 0.626. The number of nitrogens with zero attached hydrogens (tertiary/aromatic N) is 3. The molecule has 0 spiro atoms. The van der Waals surface area contributed by atoms with Crippen LogP contribution in [0, 0.1) is 18.3 Å². The number of benzene rings is 1. The van der Waals surface area contributed by atoms with E-state index in [0.29, 0.717) is 48.8 Å². The summed E-state index contributed by atoms with van der Waals surface area (Å²) < 4.78 is 11.5. The first-order chi connectivity index (χ1) is 15.2. The summed E-state index contributed by atoms with van der Waals surface area (Å²) in [4.78, 5) is 31.0. The van der Waals surface area contributed by atoms with Crippen LogP contribution in [0.25, 0.3) is 11.1 Å². The molecular formula is C24H30N4O4. The SMILES string of the molecule is Cc1cc(-c2ccccc2OCCN2CCN(C(=O)OC(C)(C)C)CC2)c(C#N)c(=O)[nH]1. The lowest BCUT2D eigenvalue weighted by Gasteiger charge is -2.35. The Morgan fingerprint density at radius 1 is 1.16 bits per heavy atom. The van der Waals surface area contributed by atoms with Crippen molar-refractivity contribution >= 4 is 6.09 Å². The van der Waals surface area contributed by atoms with Crippen molar-refractivity contribution in [3.8, 4) is 22.9 Å². The van der Waals surface area contributed by atoms with E-state index in [1.807, 2.05) is 51.1 Å². The van der Waals surface area contributed by atoms with Crippen LogP contribution in [0.5, 0.6) is 5.75 Å². The molecule has 1 saturated heterocycles. The van der Waals surface area contributed by atoms with Gasteiger partial charge in [-0.25, -0.2) is 4.79 Å². The van der Waals surface area contributed by atoms with Crippen LogP contribution in [0.3, 0.4) is 0 Å². The molecule has 0 aliphatic carbocycles. The van der Waals surface area contributed by atoms with E-state index in [0.717, 1.165) is 13.1 Å². The van der Waals surface area contributed by atoms with Crippen molar-refractivity contribution in [1.82, 2.24) is 14.8 Å². The number of ether oxygens (including phenoxy) is 2. The van der Waals surface area contributed by atoms with Crippen molar-refractivity contribution in [3.05, 3.63) is 51.9 Å². The van der Waals surface area contributed by atoms with E-state index >= 15 is 0 Å². The Bertz CT molecular complexity index is 1060. The zero-order chi connectivity index (χ0) is 23.3. The molecule has 8 heteroatoms. The summed E-state index contributed by atoms with van der Waals surface area (Å²) in [6.45, 7) is 11.3. The molecule has 1 aromatic heterocycles. The standard InChI is InChI=1S/C24H30N4O4/c1-17-15-19(20(16-25)22(29)26-17)18-7-5-6-8-21(18)31-14-13-27-9-11-28(12-10-27)23(30)32-24(2,3)4/h5-8,15H,9-14H2,1-4H3,(H,26,29). The molecule has 1 N–H and O–H groups in total. The summed E-state index contributed by atoms with van der Waals surface area (Å²) in [6.07, 6.45) is -0.274. The maximum absolute atomic E-state index is 12.2. The quantitative estimate of drug-likeness (QED) is 0.770. The fourth-order valence-electron chi connectivity index (χ4n) is 3.59. The highest BCUT2D eigenvalue weighted by atomic mass is 16.6. The maximum Gasteiger partial charge on any atom is 0.410 e. The number of hydrogen-bond donors (Lipinski definition) is 1. The number of amides is 1. The number of hydrogen-bond acceptors (Lipinski definition) is 6. The summed E-state index contributed by atoms with van der Waals surface area (Å²) in [5, 5.41) is 9.46. The van der Waals surface area contributed by atoms with Gasteiger partial charge < -0.3 is 19.4 Å². The van der Waals surface area contributed by atoms with Gasteiger partial charge in [0.2, 0.25) is 0 Å². The van der Waals surface area contributed by atoms with Crippen molar-refractivity contribution in [3.63, 3.8) is 0 Å². The third-order valence-electron chi connectivity index (χ3n) is 5.15. The van der Waals surface area contributed by atoms with E-state index in [1.54, 1.807) is 17.9 Å². The second-order valence-electron chi connectivity index (χ2n) is 8.84. The average molecular weight is 439 g/mol. The van der Waals surface area contributed by atoms with Gasteiger partial charge >= 0.3 is 6.09 Å². The molecule has 1 aliphatic heterocycles. The number of H-pyrrole nitrogens is 1. The highest BCUT2D eigenvalue weighted by Crippen LogP contribution is 2.31. The fourth-order valence-corrected chi connectivity index (χ4v) is 3.59. The van der Waals surface area contributed by atoms with E-state index in [2.05, 4.69) is 9.88 Å². The normalized spacial score (nSPS) is 14.7. The number of aromatic amines is 1. The molecule has 170 valence electrons. The molecule has 1 amide bonds. The minimum atomic E-state index is -0.497. The molecule has 0 unspecified atom stereocenters. The van der Waals surface area contributed by atoms with Crippen molar-refractivity contribution < 1.29 is 14.3 Å². The highest BCUT2D eigenvalue weighted by molar-refractivity contribution is 5.75. The second kappa shape index (κ2) is 9.88. The van der Waals surface area contributed by atoms with E-state index in [4.69, 9.17) is 9.47 Å². The van der Waals surface area contributed by atoms with Crippen molar-refractivity contribution in [2.45, 2.75) is 33.3 Å². The molecule has 1 fully saturated rings. The lowest BCUT2D eigenvalue weighted by Crippen LogP contribution is -2.50. The lowest BCUT2D eigenvalue weighted by molar-refractivity contribution is 0.0137. The van der Waals surface area contributed by atoms with Gasteiger partial charge in [-0.05, 0) is 39.8 Å². The third-order valence-corrected chi connectivity index (χ3v) is 5.15. The third kappa shape index (κ3) is 5.89. The Hall–Kier alpha value is -3.31. The summed E-state index contributed by atoms with van der Waals surface area (Å²) >= 11 is 0. The molecule has 0 saturated carbocycles. The number of nitriles is 1. The van der Waals surface area contributed by atoms with Gasteiger partial charge in [0.25, 0.3) is 5.56 Å². The smallest absolute Gasteiger partial charge is 0.410 e. The van der Waals surface area contributed by atoms with Gasteiger partial charge in [0.15, 0.2) is 0 Å². The monoisotopic (exact) mass is 438 g/mol. The van der Waals surface area contributed by atoms with E-state index in [1.165, 1.54) is 0 Å². The van der Waals surface area contributed by atoms with Crippen LogP contribution >= 0.6 is 0 Å². The van der Waals surface area contributed by atoms with Crippen LogP contribution in [0.1, 0.15) is 32.0 Å². The highest BCUT2D eigenvalue weighted by Gasteiger charge is 2.25. The lowest BCUT2D eigenvalue weighted by atomic mass is 10.0. The van der Waals surface area contributed by atoms with Gasteiger partial charge in [0, 0.05) is 49.5 Å². The van der Waals surface area contributed by atoms with Crippen LogP contribution < -0.4 is 10.3 Å². The molecular weight excluding hydrogens is 408 g/mol. The molecule has 3 rings (SSSR count). The number of carbonyl (C=O) groups is 1. The van der Waals surface area contributed by atoms with Crippen molar-refractivity contribution in [1.29, 1.82) is 5.26 Å². The van der Waals surface area contributed by atoms with Gasteiger partial charge in [-0.1, -0.05) is 18.2 Å². The Morgan fingerprint density at radius 3 is 2.50 bits per heavy atom. The molecule has 2 aromatic rings. The van der Waals surface area contributed by atoms with Gasteiger partial charge in [0.1, 0.15) is 29.6 Å². The van der Waals surface area contributed by atoms with E-state index < -0.39 is 11.2 Å². The molecule has 32 heavy (non-hydrogen) atoms. The predicted octanol–water partition coefficient (Wildman–Crippen LogP) is 3.15. The summed E-state index contributed by atoms with van der Waals surface area (Å²) in [6, 6.07) is 11.2. The Kier molecular flexibility index (Phi) is 7.21. The largest absolute Gasteiger partial charge is 0.492 e. The number of pyridine rings is 1. The van der Waals surface area contributed by atoms with Crippen molar-refractivity contribution in [2.75, 3.05) is 39.3 Å². The van der Waals surface area contributed by atoms with Crippen molar-refractivity contribution in [2.24, 2.45) is 0 Å². The van der Waals surface area contributed by atoms with E-state index in [9.17, 15) is 14.9 Å². The first-order valence-electron chi connectivity index (χ1n) is 10.7. The van der Waals surface area contributed by atoms with Gasteiger partial charge in [-0.3, -0.25) is 9.69 Å². The minimum absolute atomic E-state index is 0.0740.